The molecule has 0 aliphatic carbocycles. The van der Waals surface area contributed by atoms with Gasteiger partial charge in [0.15, 0.2) is 0 Å². The normalized spacial score (nSPS) is 14.2. The fraction of sp³-hybridized carbons (Fsp3) is 0.459. The summed E-state index contributed by atoms with van der Waals surface area (Å²) < 4.78 is 0. The molecule has 0 bridgehead atoms. The van der Waals surface area contributed by atoms with E-state index in [2.05, 4.69) is 20.9 Å². The number of para-hydroxylation sites is 1. The molecular formula is C37H48N8O18. The van der Waals surface area contributed by atoms with Crippen molar-refractivity contribution >= 4 is 82.2 Å². The van der Waals surface area contributed by atoms with E-state index in [-0.39, 0.29) is 6.42 Å². The maximum atomic E-state index is 13.6. The molecule has 1 aromatic heterocycles. The number of benzene rings is 1. The molecule has 0 aliphatic heterocycles. The van der Waals surface area contributed by atoms with Gasteiger partial charge in [0.2, 0.25) is 35.4 Å². The Morgan fingerprint density at radius 1 is 0.508 bits per heavy atom. The minimum absolute atomic E-state index is 0.300. The Morgan fingerprint density at radius 3 is 1.22 bits per heavy atom. The Hall–Kier alpha value is -7.64. The Bertz CT molecular complexity index is 2070. The monoisotopic (exact) mass is 892 g/mol. The van der Waals surface area contributed by atoms with Crippen LogP contribution < -0.4 is 37.6 Å². The fourth-order valence-electron chi connectivity index (χ4n) is 5.76. The predicted octanol–water partition coefficient (Wildman–Crippen LogP) is -3.41. The van der Waals surface area contributed by atoms with Crippen LogP contribution in [-0.4, -0.2) is 149 Å². The number of carbonyl (C=O) groups excluding carboxylic acids is 6. The Labute approximate surface area is 355 Å². The fourth-order valence-corrected chi connectivity index (χ4v) is 5.76. The number of carboxylic acid groups (broad SMARTS) is 6. The van der Waals surface area contributed by atoms with Crippen molar-refractivity contribution in [3.05, 3.63) is 36.0 Å². The number of carbonyl (C=O) groups is 12. The van der Waals surface area contributed by atoms with E-state index in [1.54, 1.807) is 24.3 Å². The number of rotatable bonds is 28. The Kier molecular flexibility index (Phi) is 20.1. The minimum atomic E-state index is -2.07. The lowest BCUT2D eigenvalue weighted by Gasteiger charge is -2.27. The van der Waals surface area contributed by atoms with Crippen LogP contribution in [0.4, 0.5) is 0 Å². The molecule has 0 aliphatic rings. The van der Waals surface area contributed by atoms with Crippen molar-refractivity contribution < 1.29 is 88.2 Å². The molecule has 2 aromatic rings. The maximum Gasteiger partial charge on any atom is 0.326 e. The molecule has 0 spiro atoms. The highest BCUT2D eigenvalue weighted by atomic mass is 16.4. The summed E-state index contributed by atoms with van der Waals surface area (Å²) >= 11 is 0. The summed E-state index contributed by atoms with van der Waals surface area (Å²) in [6.45, 7) is 1.23. The van der Waals surface area contributed by atoms with Gasteiger partial charge in [0.25, 0.3) is 0 Å². The van der Waals surface area contributed by atoms with E-state index in [4.69, 9.17) is 10.8 Å². The van der Waals surface area contributed by atoms with E-state index in [9.17, 15) is 83.1 Å². The average Bonchev–Trinajstić information content (AvgIpc) is 3.60. The van der Waals surface area contributed by atoms with Crippen LogP contribution in [0.15, 0.2) is 30.5 Å². The highest BCUT2D eigenvalue weighted by Gasteiger charge is 2.35. The molecule has 6 amide bonds. The first-order chi connectivity index (χ1) is 29.5. The molecule has 0 saturated heterocycles. The average molecular weight is 893 g/mol. The summed E-state index contributed by atoms with van der Waals surface area (Å²) in [5, 5.41) is 69.8. The van der Waals surface area contributed by atoms with Gasteiger partial charge in [0, 0.05) is 42.8 Å². The molecule has 26 nitrogen and oxygen atoms in total. The SMILES string of the molecule is C[C@H](N)C(=O)N[C@@H](CCC(=O)O)C(=O)N[C@@H](CC(=O)O)C(=O)N[C@@H](CCC(=O)O)C(=O)N[C@@H](CCC(=O)O)C(=O)N[C@@H](CC(=O)O)C(=O)N[C@@H](Cc1c[nH]c2ccccc12)C(=O)O. The Morgan fingerprint density at radius 2 is 0.857 bits per heavy atom. The van der Waals surface area contributed by atoms with Crippen LogP contribution in [0.25, 0.3) is 10.9 Å². The van der Waals surface area contributed by atoms with Gasteiger partial charge in [-0.05, 0) is 37.8 Å². The largest absolute Gasteiger partial charge is 0.481 e. The molecule has 26 heteroatoms. The first-order valence-corrected chi connectivity index (χ1v) is 18.9. The number of H-pyrrole nitrogens is 1. The summed E-state index contributed by atoms with van der Waals surface area (Å²) in [7, 11) is 0. The van der Waals surface area contributed by atoms with Gasteiger partial charge in [-0.3, -0.25) is 52.7 Å². The third-order valence-electron chi connectivity index (χ3n) is 8.99. The molecule has 0 saturated carbocycles. The van der Waals surface area contributed by atoms with Crippen molar-refractivity contribution in [2.75, 3.05) is 0 Å². The molecule has 0 radical (unpaired) electrons. The highest BCUT2D eigenvalue weighted by Crippen LogP contribution is 2.19. The van der Waals surface area contributed by atoms with E-state index in [1.165, 1.54) is 13.1 Å². The van der Waals surface area contributed by atoms with Gasteiger partial charge in [0.05, 0.1) is 18.9 Å². The van der Waals surface area contributed by atoms with E-state index in [0.717, 1.165) is 0 Å². The number of aromatic nitrogens is 1. The molecule has 0 fully saturated rings. The van der Waals surface area contributed by atoms with Gasteiger partial charge in [-0.15, -0.1) is 0 Å². The predicted molar refractivity (Wildman–Crippen MR) is 210 cm³/mol. The summed E-state index contributed by atoms with van der Waals surface area (Å²) in [6.07, 6.45) is -5.58. The van der Waals surface area contributed by atoms with Gasteiger partial charge >= 0.3 is 35.8 Å². The molecule has 0 unspecified atom stereocenters. The number of hydrogen-bond donors (Lipinski definition) is 14. The zero-order valence-electron chi connectivity index (χ0n) is 33.5. The second-order valence-electron chi connectivity index (χ2n) is 14.1. The standard InChI is InChI=1S/C37H48N8O18/c1-16(38)31(56)40-20(6-9-26(46)47)33(58)43-23(13-29(52)53)35(60)42-21(7-10-27(48)49)32(57)41-22(8-11-28(50)51)34(59)44-24(14-30(54)55)36(61)45-25(37(62)63)12-17-15-39-19-5-3-2-4-18(17)19/h2-5,15-16,20-25,39H,6-14,38H2,1H3,(H,40,56)(H,41,57)(H,42,60)(H,43,58)(H,44,59)(H,45,61)(H,46,47)(H,48,49)(H,50,51)(H,52,53)(H,54,55)(H,62,63)/t16-,20-,21-,22-,23-,24-,25-/m0/s1. The van der Waals surface area contributed by atoms with Gasteiger partial charge in [-0.2, -0.15) is 0 Å². The van der Waals surface area contributed by atoms with Gasteiger partial charge in [-0.1, -0.05) is 18.2 Å². The van der Waals surface area contributed by atoms with Gasteiger partial charge < -0.3 is 73.3 Å². The van der Waals surface area contributed by atoms with Crippen LogP contribution in [0.2, 0.25) is 0 Å². The third kappa shape index (κ3) is 17.9. The van der Waals surface area contributed by atoms with Crippen molar-refractivity contribution in [2.24, 2.45) is 5.73 Å². The molecular weight excluding hydrogens is 844 g/mol. The maximum absolute atomic E-state index is 13.6. The summed E-state index contributed by atoms with van der Waals surface area (Å²) in [4.78, 5) is 152. The van der Waals surface area contributed by atoms with Gasteiger partial charge in [0.1, 0.15) is 36.3 Å². The van der Waals surface area contributed by atoms with Crippen LogP contribution in [-0.2, 0) is 64.0 Å². The lowest BCUT2D eigenvalue weighted by atomic mass is 10.0. The first kappa shape index (κ1) is 51.5. The number of nitrogens with two attached hydrogens (primary N) is 1. The second kappa shape index (κ2) is 24.6. The number of nitrogens with one attached hydrogen (secondary N) is 7. The lowest BCUT2D eigenvalue weighted by Crippen LogP contribution is -2.60. The quantitative estimate of drug-likeness (QED) is 0.0396. The van der Waals surface area contributed by atoms with Crippen molar-refractivity contribution in [1.82, 2.24) is 36.9 Å². The first-order valence-electron chi connectivity index (χ1n) is 18.9. The van der Waals surface area contributed by atoms with Crippen molar-refractivity contribution in [2.45, 2.75) is 107 Å². The molecule has 344 valence electrons. The van der Waals surface area contributed by atoms with Crippen LogP contribution >= 0.6 is 0 Å². The highest BCUT2D eigenvalue weighted by molar-refractivity contribution is 5.99. The number of carboxylic acids is 6. The van der Waals surface area contributed by atoms with Crippen molar-refractivity contribution in [3.63, 3.8) is 0 Å². The lowest BCUT2D eigenvalue weighted by molar-refractivity contribution is -0.144. The zero-order valence-corrected chi connectivity index (χ0v) is 33.5. The summed E-state index contributed by atoms with van der Waals surface area (Å²) in [6, 6.07) is -5.74. The minimum Gasteiger partial charge on any atom is -0.481 e. The van der Waals surface area contributed by atoms with Crippen LogP contribution in [0.3, 0.4) is 0 Å². The van der Waals surface area contributed by atoms with E-state index < -0.39 is 165 Å². The number of aromatic amines is 1. The molecule has 2 rings (SSSR count). The second-order valence-corrected chi connectivity index (χ2v) is 14.1. The van der Waals surface area contributed by atoms with Crippen LogP contribution in [0.1, 0.15) is 63.9 Å². The number of hydrogen-bond acceptors (Lipinski definition) is 13. The van der Waals surface area contributed by atoms with E-state index in [1.807, 2.05) is 16.0 Å². The van der Waals surface area contributed by atoms with Crippen molar-refractivity contribution in [3.8, 4) is 0 Å². The number of amides is 6. The number of fused-ring (bicyclic) bond motifs is 1. The molecule has 63 heavy (non-hydrogen) atoms. The third-order valence-corrected chi connectivity index (χ3v) is 8.99. The Balaban J connectivity index is 2.37. The topological polar surface area (TPSA) is 440 Å². The molecule has 7 atom stereocenters. The van der Waals surface area contributed by atoms with Crippen LogP contribution in [0.5, 0.6) is 0 Å². The zero-order chi connectivity index (χ0) is 47.6. The molecule has 1 aromatic carbocycles. The smallest absolute Gasteiger partial charge is 0.326 e. The summed E-state index contributed by atoms with van der Waals surface area (Å²) in [5.41, 5.74) is 6.60. The number of aliphatic carboxylic acids is 6. The molecule has 1 heterocycles. The van der Waals surface area contributed by atoms with Crippen molar-refractivity contribution in [1.29, 1.82) is 0 Å². The van der Waals surface area contributed by atoms with Crippen LogP contribution in [0, 0.1) is 0 Å². The summed E-state index contributed by atoms with van der Waals surface area (Å²) in [5.74, 6) is -17.0. The van der Waals surface area contributed by atoms with Gasteiger partial charge in [-0.25, -0.2) is 4.79 Å². The van der Waals surface area contributed by atoms with E-state index in [0.29, 0.717) is 16.5 Å². The molecule has 15 N–H and O–H groups in total. The van der Waals surface area contributed by atoms with E-state index >= 15 is 0 Å².